The number of hydrogen-bond acceptors (Lipinski definition) is 6. The third-order valence-corrected chi connectivity index (χ3v) is 7.93. The SMILES string of the molecule is CN(C)C(=O)Cn1cc(C(=O)N2CCN(S(=O)(=O)c3ccc4c(c3)CCCC4)CC2)nn1. The summed E-state index contributed by atoms with van der Waals surface area (Å²) in [6.45, 7) is 0.982. The third-order valence-electron chi connectivity index (χ3n) is 6.04. The number of nitrogens with zero attached hydrogens (tertiary/aromatic N) is 6. The van der Waals surface area contributed by atoms with Crippen LogP contribution in [0, 0.1) is 0 Å². The van der Waals surface area contributed by atoms with Gasteiger partial charge in [-0.2, -0.15) is 4.31 Å². The molecule has 0 radical (unpaired) electrons. The average molecular weight is 461 g/mol. The molecule has 2 aliphatic rings. The number of fused-ring (bicyclic) bond motifs is 1. The quantitative estimate of drug-likeness (QED) is 0.639. The number of carbonyl (C=O) groups excluding carboxylic acids is 2. The van der Waals surface area contributed by atoms with E-state index in [4.69, 9.17) is 0 Å². The van der Waals surface area contributed by atoms with Crippen LogP contribution >= 0.6 is 0 Å². The number of amides is 2. The van der Waals surface area contributed by atoms with Crippen LogP contribution in [0.15, 0.2) is 29.3 Å². The van der Waals surface area contributed by atoms with Gasteiger partial charge in [-0.3, -0.25) is 9.59 Å². The molecule has 1 aromatic heterocycles. The number of hydrogen-bond donors (Lipinski definition) is 0. The standard InChI is InChI=1S/C21H28N6O4S/c1-24(2)20(28)15-26-14-19(22-23-26)21(29)25-9-11-27(12-10-25)32(30,31)18-8-7-16-5-3-4-6-17(16)13-18/h7-8,13-14H,3-6,9-12,15H2,1-2H3. The number of carbonyl (C=O) groups is 2. The van der Waals surface area contributed by atoms with Crippen molar-refractivity contribution in [3.8, 4) is 0 Å². The number of rotatable bonds is 5. The van der Waals surface area contributed by atoms with E-state index in [1.807, 2.05) is 12.1 Å². The monoisotopic (exact) mass is 460 g/mol. The van der Waals surface area contributed by atoms with E-state index in [0.29, 0.717) is 4.90 Å². The Labute approximate surface area is 187 Å². The first kappa shape index (κ1) is 22.4. The minimum atomic E-state index is -3.61. The molecule has 0 bridgehead atoms. The second kappa shape index (κ2) is 8.99. The molecule has 1 fully saturated rings. The van der Waals surface area contributed by atoms with E-state index in [0.717, 1.165) is 31.2 Å². The van der Waals surface area contributed by atoms with Crippen LogP contribution in [0.3, 0.4) is 0 Å². The highest BCUT2D eigenvalue weighted by molar-refractivity contribution is 7.89. The second-order valence-electron chi connectivity index (χ2n) is 8.42. The smallest absolute Gasteiger partial charge is 0.276 e. The third kappa shape index (κ3) is 4.53. The topological polar surface area (TPSA) is 109 Å². The molecule has 1 aromatic carbocycles. The van der Waals surface area contributed by atoms with Crippen LogP contribution in [0.5, 0.6) is 0 Å². The maximum Gasteiger partial charge on any atom is 0.276 e. The summed E-state index contributed by atoms with van der Waals surface area (Å²) in [6, 6.07) is 5.45. The number of likely N-dealkylation sites (N-methyl/N-ethyl adjacent to an activating group) is 1. The van der Waals surface area contributed by atoms with Crippen LogP contribution < -0.4 is 0 Å². The average Bonchev–Trinajstić information content (AvgIpc) is 3.26. The number of aryl methyl sites for hydroxylation is 2. The van der Waals surface area contributed by atoms with Crippen LogP contribution in [-0.2, 0) is 34.2 Å². The van der Waals surface area contributed by atoms with Gasteiger partial charge in [-0.1, -0.05) is 11.3 Å². The fourth-order valence-electron chi connectivity index (χ4n) is 4.07. The van der Waals surface area contributed by atoms with E-state index in [1.54, 1.807) is 25.1 Å². The maximum absolute atomic E-state index is 13.1. The van der Waals surface area contributed by atoms with Gasteiger partial charge in [-0.25, -0.2) is 13.1 Å². The lowest BCUT2D eigenvalue weighted by atomic mass is 9.92. The highest BCUT2D eigenvalue weighted by atomic mass is 32.2. The molecule has 10 nitrogen and oxygen atoms in total. The Morgan fingerprint density at radius 2 is 1.72 bits per heavy atom. The number of aromatic nitrogens is 3. The van der Waals surface area contributed by atoms with Gasteiger partial charge < -0.3 is 9.80 Å². The number of piperazine rings is 1. The molecule has 0 unspecified atom stereocenters. The van der Waals surface area contributed by atoms with Gasteiger partial charge in [-0.05, 0) is 48.9 Å². The number of sulfonamides is 1. The van der Waals surface area contributed by atoms with Gasteiger partial charge >= 0.3 is 0 Å². The van der Waals surface area contributed by atoms with Crippen LogP contribution in [-0.4, -0.2) is 89.6 Å². The first-order valence-corrected chi connectivity index (χ1v) is 12.2. The molecule has 0 N–H and O–H groups in total. The summed E-state index contributed by atoms with van der Waals surface area (Å²) in [7, 11) is -0.322. The van der Waals surface area contributed by atoms with Crippen LogP contribution in [0.2, 0.25) is 0 Å². The predicted molar refractivity (Wildman–Crippen MR) is 116 cm³/mol. The van der Waals surface area contributed by atoms with Gasteiger partial charge in [0.1, 0.15) is 6.54 Å². The Morgan fingerprint density at radius 3 is 2.41 bits per heavy atom. The predicted octanol–water partition coefficient (Wildman–Crippen LogP) is 0.392. The van der Waals surface area contributed by atoms with Gasteiger partial charge in [-0.15, -0.1) is 5.10 Å². The Hall–Kier alpha value is -2.79. The summed E-state index contributed by atoms with van der Waals surface area (Å²) < 4.78 is 29.0. The van der Waals surface area contributed by atoms with Crippen molar-refractivity contribution in [2.45, 2.75) is 37.1 Å². The molecule has 0 spiro atoms. The largest absolute Gasteiger partial charge is 0.347 e. The van der Waals surface area contributed by atoms with Crippen molar-refractivity contribution in [2.75, 3.05) is 40.3 Å². The molecule has 1 aliphatic carbocycles. The summed E-state index contributed by atoms with van der Waals surface area (Å²) in [4.78, 5) is 27.9. The molecule has 0 atom stereocenters. The van der Waals surface area contributed by atoms with E-state index in [1.165, 1.54) is 25.6 Å². The summed E-state index contributed by atoms with van der Waals surface area (Å²) in [5.74, 6) is -0.478. The summed E-state index contributed by atoms with van der Waals surface area (Å²) >= 11 is 0. The fourth-order valence-corrected chi connectivity index (χ4v) is 5.54. The first-order chi connectivity index (χ1) is 15.3. The van der Waals surface area contributed by atoms with Gasteiger partial charge in [0.2, 0.25) is 15.9 Å². The van der Waals surface area contributed by atoms with Gasteiger partial charge in [0, 0.05) is 40.3 Å². The molecule has 0 saturated carbocycles. The van der Waals surface area contributed by atoms with Gasteiger partial charge in [0.25, 0.3) is 5.91 Å². The Balaban J connectivity index is 1.39. The van der Waals surface area contributed by atoms with E-state index in [-0.39, 0.29) is 50.2 Å². The molecule has 2 heterocycles. The van der Waals surface area contributed by atoms with Crippen molar-refractivity contribution in [1.29, 1.82) is 0 Å². The summed E-state index contributed by atoms with van der Waals surface area (Å²) in [5.41, 5.74) is 2.51. The maximum atomic E-state index is 13.1. The highest BCUT2D eigenvalue weighted by Crippen LogP contribution is 2.26. The normalized spacial score (nSPS) is 17.1. The van der Waals surface area contributed by atoms with Crippen molar-refractivity contribution in [3.63, 3.8) is 0 Å². The van der Waals surface area contributed by atoms with Crippen molar-refractivity contribution < 1.29 is 18.0 Å². The van der Waals surface area contributed by atoms with E-state index in [2.05, 4.69) is 10.3 Å². The fraction of sp³-hybridized carbons (Fsp3) is 0.524. The zero-order valence-electron chi connectivity index (χ0n) is 18.4. The molecule has 1 saturated heterocycles. The molecular formula is C21H28N6O4S. The molecule has 1 aliphatic heterocycles. The van der Waals surface area contributed by atoms with Gasteiger partial charge in [0.05, 0.1) is 11.1 Å². The molecule has 32 heavy (non-hydrogen) atoms. The molecule has 4 rings (SSSR count). The molecule has 2 amide bonds. The lowest BCUT2D eigenvalue weighted by Crippen LogP contribution is -2.50. The van der Waals surface area contributed by atoms with Crippen molar-refractivity contribution >= 4 is 21.8 Å². The van der Waals surface area contributed by atoms with Crippen LogP contribution in [0.1, 0.15) is 34.5 Å². The zero-order chi connectivity index (χ0) is 22.9. The van der Waals surface area contributed by atoms with E-state index in [9.17, 15) is 18.0 Å². The Morgan fingerprint density at radius 1 is 1.03 bits per heavy atom. The molecule has 2 aromatic rings. The minimum Gasteiger partial charge on any atom is -0.347 e. The summed E-state index contributed by atoms with van der Waals surface area (Å²) in [5, 5.41) is 7.73. The van der Waals surface area contributed by atoms with E-state index >= 15 is 0 Å². The first-order valence-electron chi connectivity index (χ1n) is 10.8. The second-order valence-corrected chi connectivity index (χ2v) is 10.4. The van der Waals surface area contributed by atoms with Gasteiger partial charge in [0.15, 0.2) is 5.69 Å². The lowest BCUT2D eigenvalue weighted by molar-refractivity contribution is -0.129. The van der Waals surface area contributed by atoms with Crippen LogP contribution in [0.4, 0.5) is 0 Å². The van der Waals surface area contributed by atoms with Crippen molar-refractivity contribution in [2.24, 2.45) is 0 Å². The van der Waals surface area contributed by atoms with E-state index < -0.39 is 10.0 Å². The van der Waals surface area contributed by atoms with Crippen LogP contribution in [0.25, 0.3) is 0 Å². The number of benzene rings is 1. The molecule has 11 heteroatoms. The van der Waals surface area contributed by atoms with Crippen molar-refractivity contribution in [1.82, 2.24) is 29.1 Å². The molecule has 172 valence electrons. The Bertz CT molecular complexity index is 1120. The Kier molecular flexibility index (Phi) is 6.29. The highest BCUT2D eigenvalue weighted by Gasteiger charge is 2.31. The van der Waals surface area contributed by atoms with Crippen molar-refractivity contribution in [3.05, 3.63) is 41.2 Å². The molecular weight excluding hydrogens is 432 g/mol. The minimum absolute atomic E-state index is 0.0000789. The summed E-state index contributed by atoms with van der Waals surface area (Å²) in [6.07, 6.45) is 5.60. The lowest BCUT2D eigenvalue weighted by Gasteiger charge is -2.33. The zero-order valence-corrected chi connectivity index (χ0v) is 19.2.